The molecule has 3 aromatic rings. The maximum absolute atomic E-state index is 12.6. The summed E-state index contributed by atoms with van der Waals surface area (Å²) < 4.78 is 10.7. The highest BCUT2D eigenvalue weighted by atomic mass is 16.5. The van der Waals surface area contributed by atoms with Gasteiger partial charge in [0.1, 0.15) is 0 Å². The number of hydrogen-bond donors (Lipinski definition) is 0. The standard InChI is InChI=1S/C24H27NO3/c1-17-13-22(27-3)23(28-4)15-21(17)16-25(2)24(26)12-10-18-9-11-19-7-5-6-8-20(19)14-18/h5-9,11,13-15H,10,12,16H2,1-4H3. The number of carbonyl (C=O) groups is 1. The molecular formula is C24H27NO3. The predicted octanol–water partition coefficient (Wildman–Crippen LogP) is 4.76. The van der Waals surface area contributed by atoms with Crippen LogP contribution in [0.1, 0.15) is 23.1 Å². The van der Waals surface area contributed by atoms with E-state index in [0.29, 0.717) is 24.5 Å². The lowest BCUT2D eigenvalue weighted by Gasteiger charge is -2.20. The minimum atomic E-state index is 0.127. The first-order valence-corrected chi connectivity index (χ1v) is 9.45. The van der Waals surface area contributed by atoms with Gasteiger partial charge in [0.15, 0.2) is 11.5 Å². The van der Waals surface area contributed by atoms with E-state index in [-0.39, 0.29) is 5.91 Å². The van der Waals surface area contributed by atoms with Crippen LogP contribution in [0.3, 0.4) is 0 Å². The topological polar surface area (TPSA) is 38.8 Å². The molecule has 28 heavy (non-hydrogen) atoms. The molecule has 0 aliphatic heterocycles. The molecule has 3 rings (SSSR count). The Hall–Kier alpha value is -3.01. The predicted molar refractivity (Wildman–Crippen MR) is 113 cm³/mol. The van der Waals surface area contributed by atoms with Gasteiger partial charge in [-0.05, 0) is 52.9 Å². The fraction of sp³-hybridized carbons (Fsp3) is 0.292. The van der Waals surface area contributed by atoms with Crippen LogP contribution in [0.5, 0.6) is 11.5 Å². The number of hydrogen-bond acceptors (Lipinski definition) is 3. The van der Waals surface area contributed by atoms with Crippen molar-refractivity contribution in [2.75, 3.05) is 21.3 Å². The summed E-state index contributed by atoms with van der Waals surface area (Å²) in [5.74, 6) is 1.51. The molecule has 1 amide bonds. The molecule has 146 valence electrons. The lowest BCUT2D eigenvalue weighted by molar-refractivity contribution is -0.130. The highest BCUT2D eigenvalue weighted by Crippen LogP contribution is 2.30. The van der Waals surface area contributed by atoms with E-state index in [1.54, 1.807) is 19.1 Å². The Morgan fingerprint density at radius 2 is 1.61 bits per heavy atom. The summed E-state index contributed by atoms with van der Waals surface area (Å²) in [6.07, 6.45) is 1.22. The van der Waals surface area contributed by atoms with Crippen LogP contribution in [0.4, 0.5) is 0 Å². The minimum Gasteiger partial charge on any atom is -0.493 e. The smallest absolute Gasteiger partial charge is 0.222 e. The Bertz CT molecular complexity index is 981. The Balaban J connectivity index is 1.64. The van der Waals surface area contributed by atoms with Crippen molar-refractivity contribution in [2.24, 2.45) is 0 Å². The molecular weight excluding hydrogens is 350 g/mol. The second-order valence-corrected chi connectivity index (χ2v) is 7.06. The Morgan fingerprint density at radius 3 is 2.32 bits per heavy atom. The first kappa shape index (κ1) is 19.7. The van der Waals surface area contributed by atoms with Crippen LogP contribution in [-0.4, -0.2) is 32.1 Å². The number of aryl methyl sites for hydroxylation is 2. The third-order valence-electron chi connectivity index (χ3n) is 5.12. The molecule has 0 bridgehead atoms. The van der Waals surface area contributed by atoms with Crippen molar-refractivity contribution in [2.45, 2.75) is 26.3 Å². The van der Waals surface area contributed by atoms with Crippen molar-refractivity contribution in [3.63, 3.8) is 0 Å². The zero-order chi connectivity index (χ0) is 20.1. The van der Waals surface area contributed by atoms with Gasteiger partial charge in [0.2, 0.25) is 5.91 Å². The molecule has 4 nitrogen and oxygen atoms in total. The van der Waals surface area contributed by atoms with Crippen LogP contribution in [-0.2, 0) is 17.8 Å². The fourth-order valence-corrected chi connectivity index (χ4v) is 3.37. The van der Waals surface area contributed by atoms with E-state index in [4.69, 9.17) is 9.47 Å². The Labute approximate surface area is 166 Å². The highest BCUT2D eigenvalue weighted by molar-refractivity contribution is 5.83. The molecule has 0 saturated carbocycles. The van der Waals surface area contributed by atoms with Crippen LogP contribution in [0, 0.1) is 6.92 Å². The van der Waals surface area contributed by atoms with Gasteiger partial charge in [-0.1, -0.05) is 42.5 Å². The van der Waals surface area contributed by atoms with Crippen molar-refractivity contribution >= 4 is 16.7 Å². The number of benzene rings is 3. The first-order valence-electron chi connectivity index (χ1n) is 9.45. The zero-order valence-corrected chi connectivity index (χ0v) is 17.0. The van der Waals surface area contributed by atoms with Gasteiger partial charge >= 0.3 is 0 Å². The van der Waals surface area contributed by atoms with E-state index in [1.807, 2.05) is 38.2 Å². The number of nitrogens with zero attached hydrogens (tertiary/aromatic N) is 1. The summed E-state index contributed by atoms with van der Waals surface area (Å²) in [4.78, 5) is 14.4. The summed E-state index contributed by atoms with van der Waals surface area (Å²) >= 11 is 0. The van der Waals surface area contributed by atoms with Crippen molar-refractivity contribution in [3.05, 3.63) is 71.3 Å². The largest absolute Gasteiger partial charge is 0.493 e. The summed E-state index contributed by atoms with van der Waals surface area (Å²) in [6, 6.07) is 18.6. The zero-order valence-electron chi connectivity index (χ0n) is 17.0. The Morgan fingerprint density at radius 1 is 0.929 bits per heavy atom. The average Bonchev–Trinajstić information content (AvgIpc) is 2.72. The average molecular weight is 377 g/mol. The van der Waals surface area contributed by atoms with E-state index < -0.39 is 0 Å². The van der Waals surface area contributed by atoms with Crippen molar-refractivity contribution in [1.82, 2.24) is 4.90 Å². The van der Waals surface area contributed by atoms with Gasteiger partial charge in [0, 0.05) is 20.0 Å². The van der Waals surface area contributed by atoms with E-state index in [9.17, 15) is 4.79 Å². The molecule has 3 aromatic carbocycles. The molecule has 0 aliphatic carbocycles. The maximum Gasteiger partial charge on any atom is 0.222 e. The quantitative estimate of drug-likeness (QED) is 0.596. The third-order valence-corrected chi connectivity index (χ3v) is 5.12. The van der Waals surface area contributed by atoms with Crippen molar-refractivity contribution < 1.29 is 14.3 Å². The van der Waals surface area contributed by atoms with Crippen molar-refractivity contribution in [3.8, 4) is 11.5 Å². The van der Waals surface area contributed by atoms with Crippen LogP contribution < -0.4 is 9.47 Å². The van der Waals surface area contributed by atoms with Crippen LogP contribution >= 0.6 is 0 Å². The lowest BCUT2D eigenvalue weighted by Crippen LogP contribution is -2.26. The monoisotopic (exact) mass is 377 g/mol. The molecule has 0 aliphatic rings. The second-order valence-electron chi connectivity index (χ2n) is 7.06. The van der Waals surface area contributed by atoms with Gasteiger partial charge in [-0.25, -0.2) is 0 Å². The van der Waals surface area contributed by atoms with Gasteiger partial charge in [0.25, 0.3) is 0 Å². The van der Waals surface area contributed by atoms with E-state index in [0.717, 1.165) is 17.5 Å². The number of rotatable bonds is 7. The number of amides is 1. The van der Waals surface area contributed by atoms with Crippen molar-refractivity contribution in [1.29, 1.82) is 0 Å². The normalized spacial score (nSPS) is 10.7. The molecule has 0 N–H and O–H groups in total. The summed E-state index contributed by atoms with van der Waals surface area (Å²) in [6.45, 7) is 2.56. The van der Waals surface area contributed by atoms with Gasteiger partial charge in [-0.2, -0.15) is 0 Å². The third kappa shape index (κ3) is 4.45. The van der Waals surface area contributed by atoms with Crippen LogP contribution in [0.15, 0.2) is 54.6 Å². The Kier molecular flexibility index (Phi) is 6.19. The molecule has 0 heterocycles. The van der Waals surface area contributed by atoms with Gasteiger partial charge in [-0.3, -0.25) is 4.79 Å². The number of methoxy groups -OCH3 is 2. The SMILES string of the molecule is COc1cc(C)c(CN(C)C(=O)CCc2ccc3ccccc3c2)cc1OC. The molecule has 4 heteroatoms. The molecule has 0 saturated heterocycles. The molecule has 0 atom stereocenters. The van der Waals surface area contributed by atoms with Gasteiger partial charge < -0.3 is 14.4 Å². The van der Waals surface area contributed by atoms with Crippen LogP contribution in [0.2, 0.25) is 0 Å². The van der Waals surface area contributed by atoms with Crippen LogP contribution in [0.25, 0.3) is 10.8 Å². The highest BCUT2D eigenvalue weighted by Gasteiger charge is 2.14. The first-order chi connectivity index (χ1) is 13.5. The number of carbonyl (C=O) groups excluding carboxylic acids is 1. The molecule has 0 aromatic heterocycles. The fourth-order valence-electron chi connectivity index (χ4n) is 3.37. The van der Waals surface area contributed by atoms with E-state index >= 15 is 0 Å². The van der Waals surface area contributed by atoms with Gasteiger partial charge in [0.05, 0.1) is 14.2 Å². The number of fused-ring (bicyclic) bond motifs is 1. The maximum atomic E-state index is 12.6. The van der Waals surface area contributed by atoms with Gasteiger partial charge in [-0.15, -0.1) is 0 Å². The lowest BCUT2D eigenvalue weighted by atomic mass is 10.0. The number of ether oxygens (including phenoxy) is 2. The summed E-state index contributed by atoms with van der Waals surface area (Å²) in [7, 11) is 5.09. The molecule has 0 spiro atoms. The van der Waals surface area contributed by atoms with E-state index in [2.05, 4.69) is 30.3 Å². The second kappa shape index (κ2) is 8.79. The molecule has 0 radical (unpaired) electrons. The summed E-state index contributed by atoms with van der Waals surface area (Å²) in [5.41, 5.74) is 3.31. The molecule has 0 fully saturated rings. The minimum absolute atomic E-state index is 0.127. The summed E-state index contributed by atoms with van der Waals surface area (Å²) in [5, 5.41) is 2.43. The molecule has 0 unspecified atom stereocenters. The van der Waals surface area contributed by atoms with E-state index in [1.165, 1.54) is 16.3 Å².